The molecule has 2 atom stereocenters. The van der Waals surface area contributed by atoms with E-state index in [0.29, 0.717) is 18.0 Å². The molecule has 2 N–H and O–H groups in total. The summed E-state index contributed by atoms with van der Waals surface area (Å²) in [4.78, 5) is 15.6. The first-order chi connectivity index (χ1) is 8.97. The number of rotatable bonds is 3. The molecule has 1 saturated heterocycles. The minimum atomic E-state index is -0.937. The van der Waals surface area contributed by atoms with Gasteiger partial charge in [0.15, 0.2) is 0 Å². The number of carboxylic acids is 1. The molecule has 0 spiro atoms. The predicted molar refractivity (Wildman–Crippen MR) is 72.7 cm³/mol. The number of ether oxygens (including phenoxy) is 1. The van der Waals surface area contributed by atoms with E-state index in [1.165, 1.54) is 0 Å². The first-order valence-electron chi connectivity index (χ1n) is 6.57. The maximum Gasteiger partial charge on any atom is 0.339 e. The molecule has 19 heavy (non-hydrogen) atoms. The minimum absolute atomic E-state index is 0.212. The maximum absolute atomic E-state index is 11.4. The molecule has 1 aromatic heterocycles. The SMILES string of the molecule is Cc1cc(NC2CCOC(C)C2)c(C(=O)O)c(C)n1. The van der Waals surface area contributed by atoms with E-state index in [1.54, 1.807) is 13.0 Å². The Morgan fingerprint density at radius 2 is 2.26 bits per heavy atom. The smallest absolute Gasteiger partial charge is 0.339 e. The van der Waals surface area contributed by atoms with Gasteiger partial charge in [0, 0.05) is 18.3 Å². The van der Waals surface area contributed by atoms with E-state index in [1.807, 2.05) is 13.8 Å². The molecule has 104 valence electrons. The highest BCUT2D eigenvalue weighted by Crippen LogP contribution is 2.24. The van der Waals surface area contributed by atoms with Crippen molar-refractivity contribution < 1.29 is 14.6 Å². The number of hydrogen-bond donors (Lipinski definition) is 2. The molecule has 2 rings (SSSR count). The number of aromatic carboxylic acids is 1. The van der Waals surface area contributed by atoms with Crippen molar-refractivity contribution >= 4 is 11.7 Å². The van der Waals surface area contributed by atoms with Crippen LogP contribution in [-0.4, -0.2) is 34.8 Å². The molecule has 0 aromatic carbocycles. The summed E-state index contributed by atoms with van der Waals surface area (Å²) >= 11 is 0. The number of hydrogen-bond acceptors (Lipinski definition) is 4. The summed E-state index contributed by atoms with van der Waals surface area (Å²) < 4.78 is 5.50. The topological polar surface area (TPSA) is 71.5 Å². The largest absolute Gasteiger partial charge is 0.478 e. The second-order valence-electron chi connectivity index (χ2n) is 5.12. The van der Waals surface area contributed by atoms with E-state index in [2.05, 4.69) is 10.3 Å². The Morgan fingerprint density at radius 3 is 2.89 bits per heavy atom. The average Bonchev–Trinajstić information content (AvgIpc) is 2.26. The molecular formula is C14H20N2O3. The summed E-state index contributed by atoms with van der Waals surface area (Å²) in [6.07, 6.45) is 1.99. The molecular weight excluding hydrogens is 244 g/mol. The molecule has 1 aliphatic rings. The third-order valence-corrected chi connectivity index (χ3v) is 3.39. The lowest BCUT2D eigenvalue weighted by Crippen LogP contribution is -2.33. The zero-order chi connectivity index (χ0) is 14.0. The molecule has 5 nitrogen and oxygen atoms in total. The van der Waals surface area contributed by atoms with Crippen molar-refractivity contribution in [3.63, 3.8) is 0 Å². The Kier molecular flexibility index (Phi) is 4.04. The van der Waals surface area contributed by atoms with Crippen LogP contribution < -0.4 is 5.32 Å². The van der Waals surface area contributed by atoms with Crippen molar-refractivity contribution in [1.82, 2.24) is 4.98 Å². The van der Waals surface area contributed by atoms with Crippen LogP contribution in [0.1, 0.15) is 41.5 Å². The van der Waals surface area contributed by atoms with Crippen LogP contribution in [0.5, 0.6) is 0 Å². The first kappa shape index (κ1) is 13.8. The fourth-order valence-electron chi connectivity index (χ4n) is 2.56. The van der Waals surface area contributed by atoms with Crippen molar-refractivity contribution in [2.24, 2.45) is 0 Å². The number of nitrogens with zero attached hydrogens (tertiary/aromatic N) is 1. The molecule has 2 heterocycles. The van der Waals surface area contributed by atoms with Crippen LogP contribution in [-0.2, 0) is 4.74 Å². The fraction of sp³-hybridized carbons (Fsp3) is 0.571. The summed E-state index contributed by atoms with van der Waals surface area (Å²) in [5, 5.41) is 12.7. The lowest BCUT2D eigenvalue weighted by Gasteiger charge is -2.29. The van der Waals surface area contributed by atoms with E-state index in [0.717, 1.165) is 18.5 Å². The zero-order valence-electron chi connectivity index (χ0n) is 11.6. The quantitative estimate of drug-likeness (QED) is 0.877. The minimum Gasteiger partial charge on any atom is -0.478 e. The molecule has 5 heteroatoms. The van der Waals surface area contributed by atoms with Gasteiger partial charge in [-0.3, -0.25) is 4.98 Å². The van der Waals surface area contributed by atoms with Gasteiger partial charge in [0.05, 0.1) is 17.5 Å². The van der Waals surface area contributed by atoms with Crippen LogP contribution in [0.3, 0.4) is 0 Å². The Labute approximate surface area is 113 Å². The Balaban J connectivity index is 2.25. The number of pyridine rings is 1. The molecule has 0 amide bonds. The van der Waals surface area contributed by atoms with Crippen LogP contribution in [0.25, 0.3) is 0 Å². The number of carbonyl (C=O) groups is 1. The lowest BCUT2D eigenvalue weighted by molar-refractivity contribution is 0.0232. The maximum atomic E-state index is 11.4. The molecule has 1 aliphatic heterocycles. The third-order valence-electron chi connectivity index (χ3n) is 3.39. The fourth-order valence-corrected chi connectivity index (χ4v) is 2.56. The van der Waals surface area contributed by atoms with E-state index >= 15 is 0 Å². The van der Waals surface area contributed by atoms with E-state index in [9.17, 15) is 9.90 Å². The number of anilines is 1. The van der Waals surface area contributed by atoms with Gasteiger partial charge < -0.3 is 15.2 Å². The van der Waals surface area contributed by atoms with E-state index < -0.39 is 5.97 Å². The number of aromatic nitrogens is 1. The van der Waals surface area contributed by atoms with Gasteiger partial charge in [-0.15, -0.1) is 0 Å². The lowest BCUT2D eigenvalue weighted by atomic mass is 10.0. The van der Waals surface area contributed by atoms with Gasteiger partial charge >= 0.3 is 5.97 Å². The van der Waals surface area contributed by atoms with Crippen LogP contribution in [0.4, 0.5) is 5.69 Å². The average molecular weight is 264 g/mol. The van der Waals surface area contributed by atoms with Gasteiger partial charge in [0.2, 0.25) is 0 Å². The second-order valence-corrected chi connectivity index (χ2v) is 5.12. The van der Waals surface area contributed by atoms with Crippen LogP contribution in [0.2, 0.25) is 0 Å². The van der Waals surface area contributed by atoms with E-state index in [4.69, 9.17) is 4.74 Å². The van der Waals surface area contributed by atoms with Crippen LogP contribution in [0, 0.1) is 13.8 Å². The molecule has 2 unspecified atom stereocenters. The number of nitrogens with one attached hydrogen (secondary N) is 1. The Bertz CT molecular complexity index is 488. The molecule has 1 fully saturated rings. The van der Waals surface area contributed by atoms with Crippen molar-refractivity contribution in [2.75, 3.05) is 11.9 Å². The van der Waals surface area contributed by atoms with Gasteiger partial charge in [-0.05, 0) is 39.7 Å². The van der Waals surface area contributed by atoms with Gasteiger partial charge in [0.25, 0.3) is 0 Å². The highest BCUT2D eigenvalue weighted by molar-refractivity contribution is 5.95. The molecule has 0 radical (unpaired) electrons. The normalized spacial score (nSPS) is 23.1. The highest BCUT2D eigenvalue weighted by Gasteiger charge is 2.22. The first-order valence-corrected chi connectivity index (χ1v) is 6.57. The van der Waals surface area contributed by atoms with Crippen molar-refractivity contribution in [2.45, 2.75) is 45.8 Å². The molecule has 0 bridgehead atoms. The predicted octanol–water partition coefficient (Wildman–Crippen LogP) is 2.38. The van der Waals surface area contributed by atoms with Crippen LogP contribution >= 0.6 is 0 Å². The summed E-state index contributed by atoms with van der Waals surface area (Å²) in [7, 11) is 0. The second kappa shape index (κ2) is 5.57. The van der Waals surface area contributed by atoms with Gasteiger partial charge in [0.1, 0.15) is 5.56 Å². The Hall–Kier alpha value is -1.62. The molecule has 0 aliphatic carbocycles. The molecule has 0 saturated carbocycles. The van der Waals surface area contributed by atoms with E-state index in [-0.39, 0.29) is 17.7 Å². The number of carboxylic acid groups (broad SMARTS) is 1. The summed E-state index contributed by atoms with van der Waals surface area (Å²) in [6.45, 7) is 6.35. The summed E-state index contributed by atoms with van der Waals surface area (Å²) in [6, 6.07) is 2.05. The van der Waals surface area contributed by atoms with Gasteiger partial charge in [-0.25, -0.2) is 4.79 Å². The standard InChI is InChI=1S/C14H20N2O3/c1-8-6-12(13(14(17)18)10(3)15-8)16-11-4-5-19-9(2)7-11/h6,9,11H,4-5,7H2,1-3H3,(H,15,16)(H,17,18). The zero-order valence-corrected chi connectivity index (χ0v) is 11.6. The third kappa shape index (κ3) is 3.23. The number of aryl methyl sites for hydroxylation is 2. The molecule has 1 aromatic rings. The van der Waals surface area contributed by atoms with Crippen LogP contribution in [0.15, 0.2) is 6.07 Å². The van der Waals surface area contributed by atoms with Crippen molar-refractivity contribution in [1.29, 1.82) is 0 Å². The summed E-state index contributed by atoms with van der Waals surface area (Å²) in [5.74, 6) is -0.937. The Morgan fingerprint density at radius 1 is 1.53 bits per heavy atom. The monoisotopic (exact) mass is 264 g/mol. The van der Waals surface area contributed by atoms with Crippen molar-refractivity contribution in [3.8, 4) is 0 Å². The van der Waals surface area contributed by atoms with Crippen molar-refractivity contribution in [3.05, 3.63) is 23.0 Å². The summed E-state index contributed by atoms with van der Waals surface area (Å²) in [5.41, 5.74) is 2.31. The van der Waals surface area contributed by atoms with Gasteiger partial charge in [-0.2, -0.15) is 0 Å². The van der Waals surface area contributed by atoms with Gasteiger partial charge in [-0.1, -0.05) is 0 Å². The highest BCUT2D eigenvalue weighted by atomic mass is 16.5.